The van der Waals surface area contributed by atoms with Gasteiger partial charge in [0.2, 0.25) is 0 Å². The summed E-state index contributed by atoms with van der Waals surface area (Å²) in [6.45, 7) is 10.6. The Morgan fingerprint density at radius 2 is 2.05 bits per heavy atom. The summed E-state index contributed by atoms with van der Waals surface area (Å²) in [5, 5.41) is 3.42. The molecule has 0 aliphatic heterocycles. The Balaban J connectivity index is 1.95. The molecule has 1 saturated carbocycles. The molecule has 120 valence electrons. The molecule has 0 aromatic carbocycles. The zero-order valence-corrected chi connectivity index (χ0v) is 14.4. The molecule has 0 radical (unpaired) electrons. The molecule has 2 unspecified atom stereocenters. The number of rotatable bonds is 6. The smallest absolute Gasteiger partial charge is 0.118 e. The van der Waals surface area contributed by atoms with E-state index in [0.717, 1.165) is 36.6 Å². The highest BCUT2D eigenvalue weighted by atomic mass is 16.3. The van der Waals surface area contributed by atoms with Crippen LogP contribution in [0.5, 0.6) is 0 Å². The van der Waals surface area contributed by atoms with Gasteiger partial charge in [0.15, 0.2) is 0 Å². The zero-order valence-electron chi connectivity index (χ0n) is 14.4. The Labute approximate surface area is 130 Å². The van der Waals surface area contributed by atoms with E-state index in [1.807, 2.05) is 0 Å². The van der Waals surface area contributed by atoms with Crippen molar-refractivity contribution in [2.75, 3.05) is 7.05 Å². The maximum Gasteiger partial charge on any atom is 0.118 e. The van der Waals surface area contributed by atoms with Gasteiger partial charge in [0, 0.05) is 24.2 Å². The minimum atomic E-state index is 0.490. The lowest BCUT2D eigenvalue weighted by molar-refractivity contribution is 0.133. The second-order valence-electron chi connectivity index (χ2n) is 7.07. The monoisotopic (exact) mass is 292 g/mol. The molecule has 1 fully saturated rings. The first-order valence-corrected chi connectivity index (χ1v) is 8.49. The van der Waals surface area contributed by atoms with Crippen LogP contribution >= 0.6 is 0 Å². The lowest BCUT2D eigenvalue weighted by Gasteiger charge is -2.36. The average molecular weight is 292 g/mol. The van der Waals surface area contributed by atoms with Crippen LogP contribution in [0.15, 0.2) is 10.5 Å². The normalized spacial score (nSPS) is 23.2. The fourth-order valence-electron chi connectivity index (χ4n) is 3.47. The van der Waals surface area contributed by atoms with Crippen LogP contribution in [0.2, 0.25) is 0 Å². The summed E-state index contributed by atoms with van der Waals surface area (Å²) in [4.78, 5) is 2.53. The summed E-state index contributed by atoms with van der Waals surface area (Å²) >= 11 is 0. The predicted molar refractivity (Wildman–Crippen MR) is 88.3 cm³/mol. The van der Waals surface area contributed by atoms with Crippen LogP contribution in [-0.4, -0.2) is 24.0 Å². The van der Waals surface area contributed by atoms with Crippen molar-refractivity contribution in [2.45, 2.75) is 78.6 Å². The molecule has 1 aromatic rings. The van der Waals surface area contributed by atoms with Crippen molar-refractivity contribution in [3.63, 3.8) is 0 Å². The SMILES string of the molecule is Cc1oc(CNC(C)C)cc1CN(C)C1CCCCC1C. The van der Waals surface area contributed by atoms with E-state index < -0.39 is 0 Å². The summed E-state index contributed by atoms with van der Waals surface area (Å²) < 4.78 is 5.89. The standard InChI is InChI=1S/C18H32N2O/c1-13(2)19-11-17-10-16(15(4)21-17)12-20(5)18-9-7-6-8-14(18)3/h10,13-14,18-19H,6-9,11-12H2,1-5H3. The van der Waals surface area contributed by atoms with Gasteiger partial charge in [0.25, 0.3) is 0 Å². The number of hydrogen-bond donors (Lipinski definition) is 1. The molecule has 2 atom stereocenters. The van der Waals surface area contributed by atoms with Gasteiger partial charge in [-0.2, -0.15) is 0 Å². The molecule has 0 spiro atoms. The van der Waals surface area contributed by atoms with E-state index >= 15 is 0 Å². The van der Waals surface area contributed by atoms with E-state index in [1.54, 1.807) is 0 Å². The van der Waals surface area contributed by atoms with Crippen molar-refractivity contribution >= 4 is 0 Å². The van der Waals surface area contributed by atoms with Gasteiger partial charge in [0.05, 0.1) is 6.54 Å². The second kappa shape index (κ2) is 7.46. The molecule has 1 aliphatic carbocycles. The van der Waals surface area contributed by atoms with Crippen molar-refractivity contribution in [2.24, 2.45) is 5.92 Å². The van der Waals surface area contributed by atoms with Crippen molar-refractivity contribution in [1.29, 1.82) is 0 Å². The summed E-state index contributed by atoms with van der Waals surface area (Å²) in [7, 11) is 2.27. The minimum absolute atomic E-state index is 0.490. The first-order chi connectivity index (χ1) is 9.97. The van der Waals surface area contributed by atoms with Crippen molar-refractivity contribution < 1.29 is 4.42 Å². The highest BCUT2D eigenvalue weighted by Gasteiger charge is 2.25. The van der Waals surface area contributed by atoms with E-state index in [2.05, 4.69) is 51.0 Å². The quantitative estimate of drug-likeness (QED) is 0.856. The van der Waals surface area contributed by atoms with E-state index in [4.69, 9.17) is 4.42 Å². The summed E-state index contributed by atoms with van der Waals surface area (Å²) in [5.41, 5.74) is 1.34. The molecule has 0 amide bonds. The van der Waals surface area contributed by atoms with E-state index in [1.165, 1.54) is 31.2 Å². The van der Waals surface area contributed by atoms with Crippen LogP contribution in [0.25, 0.3) is 0 Å². The minimum Gasteiger partial charge on any atom is -0.465 e. The largest absolute Gasteiger partial charge is 0.465 e. The lowest BCUT2D eigenvalue weighted by atomic mass is 9.85. The molecule has 1 heterocycles. The predicted octanol–water partition coefficient (Wildman–Crippen LogP) is 4.10. The Kier molecular flexibility index (Phi) is 5.88. The number of furan rings is 1. The highest BCUT2D eigenvalue weighted by Crippen LogP contribution is 2.29. The molecular weight excluding hydrogens is 260 g/mol. The third-order valence-corrected chi connectivity index (χ3v) is 4.81. The van der Waals surface area contributed by atoms with Gasteiger partial charge in [-0.15, -0.1) is 0 Å². The maximum absolute atomic E-state index is 5.89. The van der Waals surface area contributed by atoms with Gasteiger partial charge in [-0.1, -0.05) is 33.6 Å². The average Bonchev–Trinajstić information content (AvgIpc) is 2.77. The van der Waals surface area contributed by atoms with Crippen molar-refractivity contribution in [1.82, 2.24) is 10.2 Å². The molecule has 2 rings (SSSR count). The summed E-state index contributed by atoms with van der Waals surface area (Å²) in [6, 6.07) is 3.45. The molecule has 1 N–H and O–H groups in total. The van der Waals surface area contributed by atoms with Gasteiger partial charge in [-0.3, -0.25) is 4.90 Å². The first kappa shape index (κ1) is 16.6. The van der Waals surface area contributed by atoms with Gasteiger partial charge >= 0.3 is 0 Å². The van der Waals surface area contributed by atoms with Gasteiger partial charge in [-0.25, -0.2) is 0 Å². The zero-order chi connectivity index (χ0) is 15.4. The second-order valence-corrected chi connectivity index (χ2v) is 7.07. The summed E-state index contributed by atoms with van der Waals surface area (Å²) in [5.74, 6) is 2.95. The summed E-state index contributed by atoms with van der Waals surface area (Å²) in [6.07, 6.45) is 5.51. The van der Waals surface area contributed by atoms with Gasteiger partial charge in [-0.05, 0) is 38.8 Å². The highest BCUT2D eigenvalue weighted by molar-refractivity contribution is 5.21. The number of hydrogen-bond acceptors (Lipinski definition) is 3. The van der Waals surface area contributed by atoms with Crippen LogP contribution in [0.4, 0.5) is 0 Å². The van der Waals surface area contributed by atoms with Crippen molar-refractivity contribution in [3.05, 3.63) is 23.2 Å². The van der Waals surface area contributed by atoms with Crippen LogP contribution in [0.3, 0.4) is 0 Å². The van der Waals surface area contributed by atoms with Crippen LogP contribution in [0.1, 0.15) is 63.5 Å². The number of aryl methyl sites for hydroxylation is 1. The van der Waals surface area contributed by atoms with Crippen molar-refractivity contribution in [3.8, 4) is 0 Å². The molecule has 0 saturated heterocycles. The molecule has 1 aliphatic rings. The molecule has 21 heavy (non-hydrogen) atoms. The molecule has 3 nitrogen and oxygen atoms in total. The molecule has 1 aromatic heterocycles. The van der Waals surface area contributed by atoms with Gasteiger partial charge < -0.3 is 9.73 Å². The third kappa shape index (κ3) is 4.58. The molecular formula is C18H32N2O. The topological polar surface area (TPSA) is 28.4 Å². The maximum atomic E-state index is 5.89. The van der Waals surface area contributed by atoms with Gasteiger partial charge in [0.1, 0.15) is 11.5 Å². The van der Waals surface area contributed by atoms with Crippen LogP contribution in [0, 0.1) is 12.8 Å². The Bertz CT molecular complexity index is 438. The Morgan fingerprint density at radius 3 is 2.71 bits per heavy atom. The van der Waals surface area contributed by atoms with Crippen LogP contribution < -0.4 is 5.32 Å². The lowest BCUT2D eigenvalue weighted by Crippen LogP contribution is -2.38. The fourth-order valence-corrected chi connectivity index (χ4v) is 3.47. The number of nitrogens with zero attached hydrogens (tertiary/aromatic N) is 1. The van der Waals surface area contributed by atoms with E-state index in [9.17, 15) is 0 Å². The van der Waals surface area contributed by atoms with E-state index in [-0.39, 0.29) is 0 Å². The molecule has 3 heteroatoms. The van der Waals surface area contributed by atoms with E-state index in [0.29, 0.717) is 6.04 Å². The fraction of sp³-hybridized carbons (Fsp3) is 0.778. The van der Waals surface area contributed by atoms with Crippen LogP contribution in [-0.2, 0) is 13.1 Å². The Morgan fingerprint density at radius 1 is 1.33 bits per heavy atom. The third-order valence-electron chi connectivity index (χ3n) is 4.81. The number of nitrogens with one attached hydrogen (secondary N) is 1. The first-order valence-electron chi connectivity index (χ1n) is 8.49. The molecule has 0 bridgehead atoms. The Hall–Kier alpha value is -0.800.